The molecule has 1 atom stereocenters. The molecular formula is C11H13NO. The molecule has 0 aromatic heterocycles. The van der Waals surface area contributed by atoms with Crippen molar-refractivity contribution in [3.8, 4) is 11.8 Å². The van der Waals surface area contributed by atoms with Gasteiger partial charge in [0.05, 0.1) is 12.0 Å². The third-order valence-corrected chi connectivity index (χ3v) is 2.46. The molecule has 0 saturated carbocycles. The second-order valence-electron chi connectivity index (χ2n) is 3.27. The summed E-state index contributed by atoms with van der Waals surface area (Å²) in [6, 6.07) is 5.64. The fraction of sp³-hybridized carbons (Fsp3) is 0.364. The van der Waals surface area contributed by atoms with Crippen LogP contribution in [0.2, 0.25) is 0 Å². The Hall–Kier alpha value is -1.49. The van der Waals surface area contributed by atoms with Crippen LogP contribution in [0.4, 0.5) is 0 Å². The minimum absolute atomic E-state index is 0.112. The first-order valence-electron chi connectivity index (χ1n) is 4.26. The van der Waals surface area contributed by atoms with Crippen LogP contribution in [0.1, 0.15) is 29.5 Å². The molecule has 0 saturated heterocycles. The maximum atomic E-state index is 9.40. The van der Waals surface area contributed by atoms with E-state index in [2.05, 4.69) is 6.07 Å². The van der Waals surface area contributed by atoms with Gasteiger partial charge in [-0.05, 0) is 43.5 Å². The molecule has 0 fully saturated rings. The Morgan fingerprint density at radius 2 is 1.92 bits per heavy atom. The van der Waals surface area contributed by atoms with Crippen LogP contribution < -0.4 is 0 Å². The van der Waals surface area contributed by atoms with Gasteiger partial charge < -0.3 is 5.11 Å². The molecule has 0 radical (unpaired) electrons. The van der Waals surface area contributed by atoms with E-state index >= 15 is 0 Å². The number of hydrogen-bond acceptors (Lipinski definition) is 2. The Balaban J connectivity index is 3.28. The van der Waals surface area contributed by atoms with Crippen molar-refractivity contribution in [1.29, 1.82) is 5.26 Å². The van der Waals surface area contributed by atoms with E-state index in [0.29, 0.717) is 5.75 Å². The van der Waals surface area contributed by atoms with Gasteiger partial charge in [-0.1, -0.05) is 6.07 Å². The minimum Gasteiger partial charge on any atom is -0.508 e. The summed E-state index contributed by atoms with van der Waals surface area (Å²) < 4.78 is 0. The number of hydrogen-bond donors (Lipinski definition) is 1. The van der Waals surface area contributed by atoms with Gasteiger partial charge in [0, 0.05) is 0 Å². The van der Waals surface area contributed by atoms with Gasteiger partial charge in [-0.25, -0.2) is 0 Å². The van der Waals surface area contributed by atoms with E-state index in [0.717, 1.165) is 16.7 Å². The Bertz CT molecular complexity index is 363. The first-order chi connectivity index (χ1) is 6.07. The minimum atomic E-state index is -0.112. The Labute approximate surface area is 78.4 Å². The summed E-state index contributed by atoms with van der Waals surface area (Å²) in [4.78, 5) is 0. The van der Waals surface area contributed by atoms with Gasteiger partial charge in [0.25, 0.3) is 0 Å². The Morgan fingerprint density at radius 3 is 2.46 bits per heavy atom. The molecule has 0 bridgehead atoms. The van der Waals surface area contributed by atoms with Crippen molar-refractivity contribution in [3.63, 3.8) is 0 Å². The van der Waals surface area contributed by atoms with Gasteiger partial charge in [-0.2, -0.15) is 5.26 Å². The van der Waals surface area contributed by atoms with Crippen molar-refractivity contribution in [3.05, 3.63) is 28.8 Å². The molecule has 0 amide bonds. The van der Waals surface area contributed by atoms with Crippen LogP contribution in [0.3, 0.4) is 0 Å². The zero-order valence-electron chi connectivity index (χ0n) is 8.13. The van der Waals surface area contributed by atoms with Crippen LogP contribution in [0, 0.1) is 25.2 Å². The van der Waals surface area contributed by atoms with Gasteiger partial charge in [-0.15, -0.1) is 0 Å². The first kappa shape index (κ1) is 9.60. The fourth-order valence-corrected chi connectivity index (χ4v) is 1.37. The second kappa shape index (κ2) is 3.49. The van der Waals surface area contributed by atoms with Crippen LogP contribution >= 0.6 is 0 Å². The predicted molar refractivity (Wildman–Crippen MR) is 51.6 cm³/mol. The number of phenolic OH excluding ortho intramolecular Hbond substituents is 1. The quantitative estimate of drug-likeness (QED) is 0.713. The SMILES string of the molecule is Cc1c(O)ccc(C(C)C#N)c1C. The molecule has 0 heterocycles. The lowest BCUT2D eigenvalue weighted by molar-refractivity contribution is 0.470. The zero-order chi connectivity index (χ0) is 10.0. The van der Waals surface area contributed by atoms with Gasteiger partial charge in [0.15, 0.2) is 0 Å². The molecule has 0 aliphatic rings. The van der Waals surface area contributed by atoms with Crippen molar-refractivity contribution >= 4 is 0 Å². The summed E-state index contributed by atoms with van der Waals surface area (Å²) in [6.07, 6.45) is 0. The highest BCUT2D eigenvalue weighted by Crippen LogP contribution is 2.27. The van der Waals surface area contributed by atoms with Crippen molar-refractivity contribution in [2.24, 2.45) is 0 Å². The fourth-order valence-electron chi connectivity index (χ4n) is 1.37. The van der Waals surface area contributed by atoms with E-state index in [1.54, 1.807) is 6.07 Å². The molecule has 0 spiro atoms. The van der Waals surface area contributed by atoms with Crippen LogP contribution in [-0.2, 0) is 0 Å². The first-order valence-corrected chi connectivity index (χ1v) is 4.26. The molecule has 13 heavy (non-hydrogen) atoms. The summed E-state index contributed by atoms with van der Waals surface area (Å²) >= 11 is 0. The molecule has 1 aromatic carbocycles. The lowest BCUT2D eigenvalue weighted by Crippen LogP contribution is -1.95. The number of rotatable bonds is 1. The summed E-state index contributed by atoms with van der Waals surface area (Å²) in [7, 11) is 0. The molecule has 1 N–H and O–H groups in total. The summed E-state index contributed by atoms with van der Waals surface area (Å²) in [5, 5.41) is 18.2. The van der Waals surface area contributed by atoms with E-state index in [1.165, 1.54) is 0 Å². The van der Waals surface area contributed by atoms with E-state index < -0.39 is 0 Å². The van der Waals surface area contributed by atoms with Crippen molar-refractivity contribution in [2.45, 2.75) is 26.7 Å². The third kappa shape index (κ3) is 1.65. The number of phenols is 1. The molecule has 68 valence electrons. The van der Waals surface area contributed by atoms with E-state index in [9.17, 15) is 5.11 Å². The number of benzene rings is 1. The molecule has 1 aromatic rings. The zero-order valence-corrected chi connectivity index (χ0v) is 8.13. The molecule has 2 nitrogen and oxygen atoms in total. The van der Waals surface area contributed by atoms with E-state index in [-0.39, 0.29) is 5.92 Å². The third-order valence-electron chi connectivity index (χ3n) is 2.46. The van der Waals surface area contributed by atoms with Crippen molar-refractivity contribution in [1.82, 2.24) is 0 Å². The average Bonchev–Trinajstić information content (AvgIpc) is 2.13. The number of nitrogens with zero attached hydrogens (tertiary/aromatic N) is 1. The highest BCUT2D eigenvalue weighted by Gasteiger charge is 2.10. The van der Waals surface area contributed by atoms with E-state index in [4.69, 9.17) is 5.26 Å². The lowest BCUT2D eigenvalue weighted by atomic mass is 9.94. The van der Waals surface area contributed by atoms with Crippen molar-refractivity contribution < 1.29 is 5.11 Å². The Morgan fingerprint density at radius 1 is 1.31 bits per heavy atom. The number of aromatic hydroxyl groups is 1. The van der Waals surface area contributed by atoms with Crippen molar-refractivity contribution in [2.75, 3.05) is 0 Å². The standard InChI is InChI=1S/C11H13NO/c1-7(6-12)10-4-5-11(13)9(3)8(10)2/h4-5,7,13H,1-3H3. The molecule has 0 aliphatic carbocycles. The molecule has 2 heteroatoms. The lowest BCUT2D eigenvalue weighted by Gasteiger charge is -2.11. The van der Waals surface area contributed by atoms with Crippen LogP contribution in [-0.4, -0.2) is 5.11 Å². The molecular weight excluding hydrogens is 162 g/mol. The predicted octanol–water partition coefficient (Wildman–Crippen LogP) is 2.64. The average molecular weight is 175 g/mol. The van der Waals surface area contributed by atoms with Crippen LogP contribution in [0.25, 0.3) is 0 Å². The van der Waals surface area contributed by atoms with Gasteiger partial charge in [0.2, 0.25) is 0 Å². The maximum absolute atomic E-state index is 9.40. The summed E-state index contributed by atoms with van der Waals surface area (Å²) in [5.41, 5.74) is 2.87. The highest BCUT2D eigenvalue weighted by atomic mass is 16.3. The number of nitriles is 1. The maximum Gasteiger partial charge on any atom is 0.118 e. The van der Waals surface area contributed by atoms with Crippen LogP contribution in [0.5, 0.6) is 5.75 Å². The normalized spacial score (nSPS) is 12.2. The summed E-state index contributed by atoms with van der Waals surface area (Å²) in [5.74, 6) is 0.186. The summed E-state index contributed by atoms with van der Waals surface area (Å²) in [6.45, 7) is 5.65. The van der Waals surface area contributed by atoms with Gasteiger partial charge in [-0.3, -0.25) is 0 Å². The monoisotopic (exact) mass is 175 g/mol. The molecule has 0 aliphatic heterocycles. The van der Waals surface area contributed by atoms with E-state index in [1.807, 2.05) is 26.8 Å². The largest absolute Gasteiger partial charge is 0.508 e. The second-order valence-corrected chi connectivity index (χ2v) is 3.27. The smallest absolute Gasteiger partial charge is 0.118 e. The molecule has 1 rings (SSSR count). The van der Waals surface area contributed by atoms with Gasteiger partial charge >= 0.3 is 0 Å². The Kier molecular flexibility index (Phi) is 2.57. The van der Waals surface area contributed by atoms with Crippen LogP contribution in [0.15, 0.2) is 12.1 Å². The highest BCUT2D eigenvalue weighted by molar-refractivity contribution is 5.45. The molecule has 1 unspecified atom stereocenters. The topological polar surface area (TPSA) is 44.0 Å². The van der Waals surface area contributed by atoms with Gasteiger partial charge in [0.1, 0.15) is 5.75 Å².